The Morgan fingerprint density at radius 1 is 1.25 bits per heavy atom. The van der Waals surface area contributed by atoms with Crippen molar-refractivity contribution < 1.29 is 14.1 Å². The van der Waals surface area contributed by atoms with Gasteiger partial charge in [-0.15, -0.1) is 0 Å². The van der Waals surface area contributed by atoms with Gasteiger partial charge in [0.1, 0.15) is 11.4 Å². The summed E-state index contributed by atoms with van der Waals surface area (Å²) in [6.07, 6.45) is 3.52. The number of benzene rings is 1. The maximum absolute atomic E-state index is 12.9. The Morgan fingerprint density at radius 2 is 2.11 bits per heavy atom. The molecule has 1 aromatic carbocycles. The number of ether oxygens (including phenoxy) is 1. The second kappa shape index (κ2) is 8.21. The van der Waals surface area contributed by atoms with Crippen LogP contribution in [-0.2, 0) is 0 Å². The topological polar surface area (TPSA) is 81.4 Å². The van der Waals surface area contributed by atoms with Crippen LogP contribution in [0.5, 0.6) is 5.75 Å². The van der Waals surface area contributed by atoms with E-state index in [0.29, 0.717) is 36.1 Å². The Hall–Kier alpha value is -3.22. The molecular weight excluding hydrogens is 356 g/mol. The minimum atomic E-state index is 0.0150. The van der Waals surface area contributed by atoms with Gasteiger partial charge in [0, 0.05) is 30.8 Å². The first kappa shape index (κ1) is 18.2. The van der Waals surface area contributed by atoms with E-state index in [1.54, 1.807) is 6.20 Å². The summed E-state index contributed by atoms with van der Waals surface area (Å²) in [5.74, 6) is 1.88. The van der Waals surface area contributed by atoms with Crippen LogP contribution in [0, 0.1) is 0 Å². The molecule has 0 aliphatic carbocycles. The van der Waals surface area contributed by atoms with E-state index >= 15 is 0 Å². The van der Waals surface area contributed by atoms with Gasteiger partial charge in [-0.05, 0) is 56.2 Å². The van der Waals surface area contributed by atoms with Crippen LogP contribution in [0.15, 0.2) is 53.2 Å². The Kier molecular flexibility index (Phi) is 5.32. The van der Waals surface area contributed by atoms with Crippen molar-refractivity contribution in [3.05, 3.63) is 60.0 Å². The molecule has 1 saturated heterocycles. The average molecular weight is 378 g/mol. The van der Waals surface area contributed by atoms with Gasteiger partial charge in [0.25, 0.3) is 11.8 Å². The zero-order valence-electron chi connectivity index (χ0n) is 15.7. The third kappa shape index (κ3) is 3.88. The monoisotopic (exact) mass is 378 g/mol. The highest BCUT2D eigenvalue weighted by Crippen LogP contribution is 2.27. The van der Waals surface area contributed by atoms with Gasteiger partial charge in [-0.3, -0.25) is 9.78 Å². The number of aromatic nitrogens is 3. The second-order valence-corrected chi connectivity index (χ2v) is 6.72. The normalized spacial score (nSPS) is 16.8. The third-order valence-corrected chi connectivity index (χ3v) is 4.81. The number of carbonyl (C=O) groups excluding carboxylic acids is 1. The van der Waals surface area contributed by atoms with Crippen molar-refractivity contribution in [3.8, 4) is 17.3 Å². The molecule has 1 aliphatic heterocycles. The molecule has 0 unspecified atom stereocenters. The fraction of sp³-hybridized carbons (Fsp3) is 0.333. The van der Waals surface area contributed by atoms with Crippen molar-refractivity contribution in [2.45, 2.75) is 25.7 Å². The Morgan fingerprint density at radius 3 is 2.86 bits per heavy atom. The molecule has 0 saturated carbocycles. The van der Waals surface area contributed by atoms with Crippen LogP contribution >= 0.6 is 0 Å². The lowest BCUT2D eigenvalue weighted by Crippen LogP contribution is -2.39. The van der Waals surface area contributed by atoms with Crippen molar-refractivity contribution in [3.63, 3.8) is 0 Å². The number of piperidine rings is 1. The van der Waals surface area contributed by atoms with E-state index in [2.05, 4.69) is 15.1 Å². The second-order valence-electron chi connectivity index (χ2n) is 6.72. The molecule has 0 spiro atoms. The molecule has 0 bridgehead atoms. The van der Waals surface area contributed by atoms with Crippen molar-refractivity contribution in [1.29, 1.82) is 0 Å². The quantitative estimate of drug-likeness (QED) is 0.675. The van der Waals surface area contributed by atoms with Gasteiger partial charge in [0.2, 0.25) is 0 Å². The fourth-order valence-electron chi connectivity index (χ4n) is 3.41. The SMILES string of the molecule is CCOc1ccc(C(=O)N2CCC[C@H](c3noc(-c4ccccn4)n3)C2)cc1. The Bertz CT molecular complexity index is 924. The number of pyridine rings is 1. The number of nitrogens with zero attached hydrogens (tertiary/aromatic N) is 4. The maximum Gasteiger partial charge on any atom is 0.276 e. The molecule has 1 amide bonds. The molecule has 1 atom stereocenters. The van der Waals surface area contributed by atoms with E-state index in [1.807, 2.05) is 54.3 Å². The zero-order valence-corrected chi connectivity index (χ0v) is 15.7. The molecule has 0 radical (unpaired) electrons. The van der Waals surface area contributed by atoms with Crippen LogP contribution in [0.2, 0.25) is 0 Å². The Balaban J connectivity index is 1.45. The third-order valence-electron chi connectivity index (χ3n) is 4.81. The minimum Gasteiger partial charge on any atom is -0.494 e. The van der Waals surface area contributed by atoms with Crippen molar-refractivity contribution >= 4 is 5.91 Å². The highest BCUT2D eigenvalue weighted by molar-refractivity contribution is 5.94. The summed E-state index contributed by atoms with van der Waals surface area (Å²) in [6, 6.07) is 12.8. The molecule has 3 aromatic rings. The lowest BCUT2D eigenvalue weighted by Gasteiger charge is -2.31. The van der Waals surface area contributed by atoms with Gasteiger partial charge in [0.15, 0.2) is 5.82 Å². The summed E-state index contributed by atoms with van der Waals surface area (Å²) in [5, 5.41) is 4.13. The van der Waals surface area contributed by atoms with Crippen LogP contribution in [0.1, 0.15) is 41.9 Å². The summed E-state index contributed by atoms with van der Waals surface area (Å²) in [4.78, 5) is 23.5. The van der Waals surface area contributed by atoms with Gasteiger partial charge in [-0.1, -0.05) is 11.2 Å². The van der Waals surface area contributed by atoms with Crippen molar-refractivity contribution in [2.24, 2.45) is 0 Å². The van der Waals surface area contributed by atoms with Gasteiger partial charge >= 0.3 is 0 Å². The number of likely N-dealkylation sites (tertiary alicyclic amines) is 1. The van der Waals surface area contributed by atoms with Crippen LogP contribution in [0.3, 0.4) is 0 Å². The fourth-order valence-corrected chi connectivity index (χ4v) is 3.41. The van der Waals surface area contributed by atoms with Crippen LogP contribution in [-0.4, -0.2) is 45.6 Å². The summed E-state index contributed by atoms with van der Waals surface area (Å²) < 4.78 is 10.8. The predicted molar refractivity (Wildman–Crippen MR) is 103 cm³/mol. The standard InChI is InChI=1S/C21H22N4O3/c1-2-27-17-10-8-15(9-11-17)21(26)25-13-5-6-16(14-25)19-23-20(28-24-19)18-7-3-4-12-22-18/h3-4,7-12,16H,2,5-6,13-14H2,1H3/t16-/m0/s1. The molecule has 4 rings (SSSR count). The zero-order chi connectivity index (χ0) is 19.3. The molecule has 3 heterocycles. The highest BCUT2D eigenvalue weighted by Gasteiger charge is 2.28. The van der Waals surface area contributed by atoms with Gasteiger partial charge < -0.3 is 14.2 Å². The molecule has 1 aliphatic rings. The van der Waals surface area contributed by atoms with E-state index in [1.165, 1.54) is 0 Å². The molecule has 2 aromatic heterocycles. The lowest BCUT2D eigenvalue weighted by molar-refractivity contribution is 0.0703. The first-order chi connectivity index (χ1) is 13.7. The van der Waals surface area contributed by atoms with Gasteiger partial charge in [-0.2, -0.15) is 4.98 Å². The molecule has 0 N–H and O–H groups in total. The van der Waals surface area contributed by atoms with Crippen LogP contribution in [0.25, 0.3) is 11.6 Å². The predicted octanol–water partition coefficient (Wildman–Crippen LogP) is 3.55. The maximum atomic E-state index is 12.9. The number of hydrogen-bond acceptors (Lipinski definition) is 6. The van der Waals surface area contributed by atoms with Crippen LogP contribution < -0.4 is 4.74 Å². The van der Waals surface area contributed by atoms with Crippen LogP contribution in [0.4, 0.5) is 0 Å². The molecule has 28 heavy (non-hydrogen) atoms. The van der Waals surface area contributed by atoms with E-state index in [-0.39, 0.29) is 11.8 Å². The lowest BCUT2D eigenvalue weighted by atomic mass is 9.96. The first-order valence-electron chi connectivity index (χ1n) is 9.51. The van der Waals surface area contributed by atoms with E-state index < -0.39 is 0 Å². The summed E-state index contributed by atoms with van der Waals surface area (Å²) in [7, 11) is 0. The summed E-state index contributed by atoms with van der Waals surface area (Å²) in [5.41, 5.74) is 1.31. The number of rotatable bonds is 5. The number of amides is 1. The smallest absolute Gasteiger partial charge is 0.276 e. The average Bonchev–Trinajstić information content (AvgIpc) is 3.25. The van der Waals surface area contributed by atoms with Crippen molar-refractivity contribution in [2.75, 3.05) is 19.7 Å². The molecule has 1 fully saturated rings. The van der Waals surface area contributed by atoms with Crippen molar-refractivity contribution in [1.82, 2.24) is 20.0 Å². The summed E-state index contributed by atoms with van der Waals surface area (Å²) >= 11 is 0. The molecule has 7 nitrogen and oxygen atoms in total. The van der Waals surface area contributed by atoms with Gasteiger partial charge in [-0.25, -0.2) is 0 Å². The van der Waals surface area contributed by atoms with E-state index in [4.69, 9.17) is 9.26 Å². The Labute approximate surface area is 163 Å². The highest BCUT2D eigenvalue weighted by atomic mass is 16.5. The van der Waals surface area contributed by atoms with Gasteiger partial charge in [0.05, 0.1) is 6.61 Å². The molecule has 144 valence electrons. The largest absolute Gasteiger partial charge is 0.494 e. The minimum absolute atomic E-state index is 0.0150. The summed E-state index contributed by atoms with van der Waals surface area (Å²) in [6.45, 7) is 3.84. The number of hydrogen-bond donors (Lipinski definition) is 0. The first-order valence-corrected chi connectivity index (χ1v) is 9.51. The molecular formula is C21H22N4O3. The number of carbonyl (C=O) groups is 1. The van der Waals surface area contributed by atoms with E-state index in [0.717, 1.165) is 25.1 Å². The molecule has 7 heteroatoms. The van der Waals surface area contributed by atoms with E-state index in [9.17, 15) is 4.79 Å².